The van der Waals surface area contributed by atoms with E-state index in [0.717, 1.165) is 16.5 Å². The third-order valence-electron chi connectivity index (χ3n) is 5.11. The van der Waals surface area contributed by atoms with E-state index in [1.54, 1.807) is 7.05 Å². The van der Waals surface area contributed by atoms with Gasteiger partial charge in [-0.2, -0.15) is 12.6 Å². The molecular formula is C22H31N3O4S. The maximum atomic E-state index is 13.1. The second-order valence-corrected chi connectivity index (χ2v) is 8.49. The van der Waals surface area contributed by atoms with Gasteiger partial charge in [-0.15, -0.1) is 0 Å². The normalized spacial score (nSPS) is 14.2. The standard InChI is InChI=1S/C22H31N3O4S/c1-13(2)9-16(19(30)11-20(26)29-4)21(27)25-18(22(28)23-3)10-14-12-24-17-8-6-5-7-15(14)17/h5-8,12-13,16,18-19,24,30H,9-11H2,1-4H3,(H,23,28)(H,25,27)/t16-,18+,19-/m1/s1. The van der Waals surface area contributed by atoms with E-state index in [2.05, 4.69) is 28.2 Å². The predicted molar refractivity (Wildman–Crippen MR) is 120 cm³/mol. The van der Waals surface area contributed by atoms with Gasteiger partial charge in [0.15, 0.2) is 0 Å². The fourth-order valence-corrected chi connectivity index (χ4v) is 3.93. The molecule has 0 aliphatic rings. The van der Waals surface area contributed by atoms with Crippen LogP contribution in [-0.2, 0) is 25.5 Å². The predicted octanol–water partition coefficient (Wildman–Crippen LogP) is 2.46. The van der Waals surface area contributed by atoms with Gasteiger partial charge in [-0.3, -0.25) is 14.4 Å². The number of aromatic nitrogens is 1. The quantitative estimate of drug-likeness (QED) is 0.342. The van der Waals surface area contributed by atoms with Crippen molar-refractivity contribution in [3.8, 4) is 0 Å². The van der Waals surface area contributed by atoms with Gasteiger partial charge in [-0.05, 0) is 24.0 Å². The highest BCUT2D eigenvalue weighted by molar-refractivity contribution is 7.81. The number of thiol groups is 1. The molecule has 0 saturated carbocycles. The Balaban J connectivity index is 2.20. The monoisotopic (exact) mass is 433 g/mol. The number of benzene rings is 1. The maximum Gasteiger partial charge on any atom is 0.306 e. The first-order valence-electron chi connectivity index (χ1n) is 10.1. The summed E-state index contributed by atoms with van der Waals surface area (Å²) in [5.74, 6) is -1.29. The fourth-order valence-electron chi connectivity index (χ4n) is 3.53. The van der Waals surface area contributed by atoms with Crippen molar-refractivity contribution in [3.63, 3.8) is 0 Å². The van der Waals surface area contributed by atoms with E-state index in [-0.39, 0.29) is 24.2 Å². The van der Waals surface area contributed by atoms with Gasteiger partial charge in [0.2, 0.25) is 11.8 Å². The summed E-state index contributed by atoms with van der Waals surface area (Å²) in [6.07, 6.45) is 2.77. The Morgan fingerprint density at radius 3 is 2.50 bits per heavy atom. The lowest BCUT2D eigenvalue weighted by atomic mass is 9.91. The van der Waals surface area contributed by atoms with Gasteiger partial charge in [-0.25, -0.2) is 0 Å². The van der Waals surface area contributed by atoms with Gasteiger partial charge in [0.1, 0.15) is 6.04 Å². The molecule has 0 spiro atoms. The first kappa shape index (κ1) is 23.8. The van der Waals surface area contributed by atoms with E-state index >= 15 is 0 Å². The van der Waals surface area contributed by atoms with Crippen molar-refractivity contribution >= 4 is 41.3 Å². The average Bonchev–Trinajstić information content (AvgIpc) is 3.13. The lowest BCUT2D eigenvalue weighted by molar-refractivity contribution is -0.141. The van der Waals surface area contributed by atoms with Gasteiger partial charge >= 0.3 is 5.97 Å². The molecule has 0 aliphatic heterocycles. The Morgan fingerprint density at radius 2 is 1.87 bits per heavy atom. The zero-order valence-corrected chi connectivity index (χ0v) is 18.8. The highest BCUT2D eigenvalue weighted by atomic mass is 32.1. The van der Waals surface area contributed by atoms with Crippen molar-refractivity contribution in [1.29, 1.82) is 0 Å². The molecule has 7 nitrogen and oxygen atoms in total. The van der Waals surface area contributed by atoms with Crippen molar-refractivity contribution < 1.29 is 19.1 Å². The van der Waals surface area contributed by atoms with Crippen LogP contribution < -0.4 is 10.6 Å². The lowest BCUT2D eigenvalue weighted by Gasteiger charge is -2.26. The zero-order chi connectivity index (χ0) is 22.3. The summed E-state index contributed by atoms with van der Waals surface area (Å²) in [6, 6.07) is 7.07. The molecule has 0 saturated heterocycles. The smallest absolute Gasteiger partial charge is 0.306 e. The highest BCUT2D eigenvalue weighted by Gasteiger charge is 2.31. The Kier molecular flexibility index (Phi) is 8.77. The van der Waals surface area contributed by atoms with Crippen molar-refractivity contribution in [3.05, 3.63) is 36.0 Å². The van der Waals surface area contributed by atoms with E-state index in [9.17, 15) is 14.4 Å². The first-order chi connectivity index (χ1) is 14.3. The summed E-state index contributed by atoms with van der Waals surface area (Å²) in [5, 5.41) is 6.02. The molecule has 1 aromatic heterocycles. The molecule has 0 unspecified atom stereocenters. The number of aromatic amines is 1. The molecule has 0 aliphatic carbocycles. The first-order valence-corrected chi connectivity index (χ1v) is 10.6. The number of fused-ring (bicyclic) bond motifs is 1. The van der Waals surface area contributed by atoms with Crippen LogP contribution in [0.5, 0.6) is 0 Å². The number of likely N-dealkylation sites (N-methyl/N-ethyl adjacent to an activating group) is 1. The van der Waals surface area contributed by atoms with Crippen LogP contribution in [0.25, 0.3) is 10.9 Å². The molecule has 1 aromatic carbocycles. The third-order valence-corrected chi connectivity index (χ3v) is 5.65. The molecule has 2 amide bonds. The summed E-state index contributed by atoms with van der Waals surface area (Å²) >= 11 is 4.50. The van der Waals surface area contributed by atoms with E-state index in [1.807, 2.05) is 44.3 Å². The number of amides is 2. The Hall–Kier alpha value is -2.48. The summed E-state index contributed by atoms with van der Waals surface area (Å²) in [4.78, 5) is 40.5. The molecular weight excluding hydrogens is 402 g/mol. The number of carbonyl (C=O) groups is 3. The lowest BCUT2D eigenvalue weighted by Crippen LogP contribution is -2.50. The van der Waals surface area contributed by atoms with Gasteiger partial charge in [0, 0.05) is 35.8 Å². The van der Waals surface area contributed by atoms with Crippen LogP contribution in [-0.4, -0.2) is 48.2 Å². The van der Waals surface area contributed by atoms with Gasteiger partial charge in [0.25, 0.3) is 0 Å². The number of rotatable bonds is 10. The van der Waals surface area contributed by atoms with Gasteiger partial charge in [0.05, 0.1) is 19.4 Å². The van der Waals surface area contributed by atoms with E-state index in [1.165, 1.54) is 7.11 Å². The van der Waals surface area contributed by atoms with Crippen molar-refractivity contribution in [2.75, 3.05) is 14.2 Å². The van der Waals surface area contributed by atoms with Gasteiger partial charge < -0.3 is 20.4 Å². The summed E-state index contributed by atoms with van der Waals surface area (Å²) in [7, 11) is 2.85. The van der Waals surface area contributed by atoms with Crippen LogP contribution in [0.15, 0.2) is 30.5 Å². The summed E-state index contributed by atoms with van der Waals surface area (Å²) < 4.78 is 4.72. The number of methoxy groups -OCH3 is 1. The molecule has 164 valence electrons. The number of carbonyl (C=O) groups excluding carboxylic acids is 3. The summed E-state index contributed by atoms with van der Waals surface area (Å²) in [6.45, 7) is 4.00. The number of hydrogen-bond acceptors (Lipinski definition) is 5. The number of ether oxygens (including phenoxy) is 1. The molecule has 0 radical (unpaired) electrons. The SMILES string of the molecule is CNC(=O)[C@H](Cc1c[nH]c2ccccc12)NC(=O)[C@H](CC(C)C)[C@H](S)CC(=O)OC. The van der Waals surface area contributed by atoms with Crippen LogP contribution >= 0.6 is 12.6 Å². The Morgan fingerprint density at radius 1 is 1.17 bits per heavy atom. The Bertz CT molecular complexity index is 880. The second-order valence-electron chi connectivity index (χ2n) is 7.82. The topological polar surface area (TPSA) is 100 Å². The number of H-pyrrole nitrogens is 1. The maximum absolute atomic E-state index is 13.1. The molecule has 1 heterocycles. The van der Waals surface area contributed by atoms with Crippen LogP contribution in [0.3, 0.4) is 0 Å². The molecule has 3 N–H and O–H groups in total. The molecule has 0 bridgehead atoms. The molecule has 3 atom stereocenters. The molecule has 2 aromatic rings. The molecule has 30 heavy (non-hydrogen) atoms. The number of esters is 1. The van der Waals surface area contributed by atoms with E-state index < -0.39 is 23.2 Å². The highest BCUT2D eigenvalue weighted by Crippen LogP contribution is 2.24. The minimum atomic E-state index is -0.741. The number of para-hydroxylation sites is 1. The van der Waals surface area contributed by atoms with E-state index in [4.69, 9.17) is 4.74 Å². The average molecular weight is 434 g/mol. The zero-order valence-electron chi connectivity index (χ0n) is 17.9. The summed E-state index contributed by atoms with van der Waals surface area (Å²) in [5.41, 5.74) is 1.91. The second kappa shape index (κ2) is 11.1. The van der Waals surface area contributed by atoms with Crippen molar-refractivity contribution in [1.82, 2.24) is 15.6 Å². The minimum Gasteiger partial charge on any atom is -0.469 e. The fraction of sp³-hybridized carbons (Fsp3) is 0.500. The van der Waals surface area contributed by atoms with Crippen LogP contribution in [0.2, 0.25) is 0 Å². The van der Waals surface area contributed by atoms with Gasteiger partial charge in [-0.1, -0.05) is 32.0 Å². The minimum absolute atomic E-state index is 0.0253. The van der Waals surface area contributed by atoms with Crippen LogP contribution in [0.4, 0.5) is 0 Å². The third kappa shape index (κ3) is 6.26. The van der Waals surface area contributed by atoms with E-state index in [0.29, 0.717) is 12.8 Å². The van der Waals surface area contributed by atoms with Crippen LogP contribution in [0.1, 0.15) is 32.3 Å². The van der Waals surface area contributed by atoms with Crippen molar-refractivity contribution in [2.24, 2.45) is 11.8 Å². The largest absolute Gasteiger partial charge is 0.469 e. The Labute approximate surface area is 182 Å². The molecule has 2 rings (SSSR count). The number of hydrogen-bond donors (Lipinski definition) is 4. The number of nitrogens with one attached hydrogen (secondary N) is 3. The van der Waals surface area contributed by atoms with Crippen molar-refractivity contribution in [2.45, 2.75) is 44.4 Å². The van der Waals surface area contributed by atoms with Crippen LogP contribution in [0, 0.1) is 11.8 Å². The molecule has 0 fully saturated rings. The molecule has 8 heteroatoms.